The molecule has 1 aromatic carbocycles. The van der Waals surface area contributed by atoms with Crippen molar-refractivity contribution in [3.8, 4) is 0 Å². The maximum Gasteiger partial charge on any atom is 0.326 e. The van der Waals surface area contributed by atoms with E-state index < -0.39 is 12.0 Å². The lowest BCUT2D eigenvalue weighted by atomic mass is 10.1. The van der Waals surface area contributed by atoms with Gasteiger partial charge in [-0.3, -0.25) is 4.79 Å². The highest BCUT2D eigenvalue weighted by molar-refractivity contribution is 5.83. The minimum atomic E-state index is -1.00. The van der Waals surface area contributed by atoms with E-state index in [1.807, 2.05) is 26.0 Å². The van der Waals surface area contributed by atoms with E-state index in [0.717, 1.165) is 6.42 Å². The molecule has 1 rings (SSSR count). The van der Waals surface area contributed by atoms with E-state index in [0.29, 0.717) is 19.3 Å². The number of hydrogen-bond acceptors (Lipinski definition) is 2. The number of carboxylic acids is 1. The Morgan fingerprint density at radius 2 is 1.95 bits per heavy atom. The summed E-state index contributed by atoms with van der Waals surface area (Å²) >= 11 is 0. The van der Waals surface area contributed by atoms with Gasteiger partial charge in [0.15, 0.2) is 0 Å². The van der Waals surface area contributed by atoms with Gasteiger partial charge in [0.05, 0.1) is 0 Å². The molecule has 0 fully saturated rings. The number of hydrogen-bond donors (Lipinski definition) is 2. The van der Waals surface area contributed by atoms with E-state index in [2.05, 4.69) is 17.4 Å². The topological polar surface area (TPSA) is 66.4 Å². The molecule has 0 radical (unpaired) electrons. The minimum absolute atomic E-state index is 0.209. The molecule has 0 saturated heterocycles. The Morgan fingerprint density at radius 1 is 1.29 bits per heavy atom. The van der Waals surface area contributed by atoms with Gasteiger partial charge in [-0.15, -0.1) is 0 Å². The fourth-order valence-corrected chi connectivity index (χ4v) is 1.97. The molecular weight excluding hydrogens is 266 g/mol. The van der Waals surface area contributed by atoms with Crippen LogP contribution in [0.3, 0.4) is 0 Å². The summed E-state index contributed by atoms with van der Waals surface area (Å²) in [6.45, 7) is 3.86. The molecule has 0 aliphatic carbocycles. The molecule has 0 heterocycles. The summed E-state index contributed by atoms with van der Waals surface area (Å²) in [5, 5.41) is 11.6. The maximum atomic E-state index is 11.8. The normalized spacial score (nSPS) is 12.3. The van der Waals surface area contributed by atoms with Gasteiger partial charge >= 0.3 is 5.97 Å². The quantitative estimate of drug-likeness (QED) is 0.723. The van der Waals surface area contributed by atoms with Crippen LogP contribution in [-0.4, -0.2) is 23.0 Å². The second-order valence-electron chi connectivity index (χ2n) is 5.10. The molecule has 1 amide bonds. The van der Waals surface area contributed by atoms with Crippen molar-refractivity contribution in [2.45, 2.75) is 45.6 Å². The first-order chi connectivity index (χ1) is 10.0. The zero-order chi connectivity index (χ0) is 15.7. The van der Waals surface area contributed by atoms with Crippen molar-refractivity contribution in [2.24, 2.45) is 0 Å². The summed E-state index contributed by atoms with van der Waals surface area (Å²) in [5.41, 5.74) is 2.40. The number of aryl methyl sites for hydroxylation is 2. The largest absolute Gasteiger partial charge is 0.480 e. The Balaban J connectivity index is 2.35. The van der Waals surface area contributed by atoms with Crippen LogP contribution in [-0.2, 0) is 16.0 Å². The number of allylic oxidation sites excluding steroid dienone is 1. The molecule has 1 unspecified atom stereocenters. The van der Waals surface area contributed by atoms with Gasteiger partial charge in [0.1, 0.15) is 6.04 Å². The molecule has 0 aliphatic heterocycles. The molecule has 0 saturated carbocycles. The van der Waals surface area contributed by atoms with Crippen LogP contribution in [0.15, 0.2) is 36.4 Å². The number of carbonyl (C=O) groups is 2. The molecule has 0 aromatic heterocycles. The van der Waals surface area contributed by atoms with Gasteiger partial charge in [-0.1, -0.05) is 42.0 Å². The monoisotopic (exact) mass is 289 g/mol. The smallest absolute Gasteiger partial charge is 0.326 e. The molecule has 0 spiro atoms. The van der Waals surface area contributed by atoms with Gasteiger partial charge in [-0.2, -0.15) is 0 Å². The predicted octanol–water partition coefficient (Wildman–Crippen LogP) is 2.85. The van der Waals surface area contributed by atoms with E-state index in [1.54, 1.807) is 12.2 Å². The Kier molecular flexibility index (Phi) is 7.23. The second kappa shape index (κ2) is 8.95. The Morgan fingerprint density at radius 3 is 2.52 bits per heavy atom. The molecule has 0 aliphatic rings. The second-order valence-corrected chi connectivity index (χ2v) is 5.10. The number of carboxylic acid groups (broad SMARTS) is 1. The Labute approximate surface area is 125 Å². The van der Waals surface area contributed by atoms with Crippen LogP contribution < -0.4 is 5.32 Å². The van der Waals surface area contributed by atoms with Crippen LogP contribution in [0.4, 0.5) is 0 Å². The number of rotatable bonds is 8. The SMILES string of the molecule is C/C=C/CC(NC(=O)CCCc1ccc(C)cc1)C(=O)O. The van der Waals surface area contributed by atoms with Crippen molar-refractivity contribution in [1.82, 2.24) is 5.32 Å². The molecule has 21 heavy (non-hydrogen) atoms. The van der Waals surface area contributed by atoms with E-state index >= 15 is 0 Å². The molecule has 1 aromatic rings. The summed E-state index contributed by atoms with van der Waals surface area (Å²) in [5.74, 6) is -1.21. The Bertz CT molecular complexity index is 491. The molecule has 4 heteroatoms. The van der Waals surface area contributed by atoms with E-state index in [-0.39, 0.29) is 5.91 Å². The number of aliphatic carboxylic acids is 1. The molecular formula is C17H23NO3. The van der Waals surface area contributed by atoms with Crippen molar-refractivity contribution < 1.29 is 14.7 Å². The van der Waals surface area contributed by atoms with Crippen molar-refractivity contribution >= 4 is 11.9 Å². The fourth-order valence-electron chi connectivity index (χ4n) is 1.97. The van der Waals surface area contributed by atoms with E-state index in [1.165, 1.54) is 11.1 Å². The summed E-state index contributed by atoms with van der Waals surface area (Å²) in [6.07, 6.45) is 5.71. The molecule has 114 valence electrons. The zero-order valence-corrected chi connectivity index (χ0v) is 12.6. The molecule has 2 N–H and O–H groups in total. The van der Waals surface area contributed by atoms with Crippen molar-refractivity contribution in [3.63, 3.8) is 0 Å². The van der Waals surface area contributed by atoms with Gasteiger partial charge in [-0.05, 0) is 38.7 Å². The minimum Gasteiger partial charge on any atom is -0.480 e. The average molecular weight is 289 g/mol. The lowest BCUT2D eigenvalue weighted by Crippen LogP contribution is -2.40. The first kappa shape index (κ1) is 17.0. The number of benzene rings is 1. The third kappa shape index (κ3) is 6.75. The first-order valence-electron chi connectivity index (χ1n) is 7.21. The summed E-state index contributed by atoms with van der Waals surface area (Å²) in [4.78, 5) is 22.8. The van der Waals surface area contributed by atoms with Crippen LogP contribution in [0.1, 0.15) is 37.3 Å². The first-order valence-corrected chi connectivity index (χ1v) is 7.21. The highest BCUT2D eigenvalue weighted by atomic mass is 16.4. The molecule has 1 atom stereocenters. The van der Waals surface area contributed by atoms with Crippen LogP contribution in [0.2, 0.25) is 0 Å². The van der Waals surface area contributed by atoms with Gasteiger partial charge in [0.2, 0.25) is 5.91 Å². The van der Waals surface area contributed by atoms with E-state index in [4.69, 9.17) is 5.11 Å². The lowest BCUT2D eigenvalue weighted by Gasteiger charge is -2.12. The van der Waals surface area contributed by atoms with Crippen LogP contribution >= 0.6 is 0 Å². The van der Waals surface area contributed by atoms with E-state index in [9.17, 15) is 9.59 Å². The van der Waals surface area contributed by atoms with Crippen LogP contribution in [0.25, 0.3) is 0 Å². The highest BCUT2D eigenvalue weighted by Gasteiger charge is 2.17. The number of nitrogens with one attached hydrogen (secondary N) is 1. The van der Waals surface area contributed by atoms with Crippen molar-refractivity contribution in [1.29, 1.82) is 0 Å². The molecule has 4 nitrogen and oxygen atoms in total. The Hall–Kier alpha value is -2.10. The van der Waals surface area contributed by atoms with Gasteiger partial charge in [-0.25, -0.2) is 4.79 Å². The highest BCUT2D eigenvalue weighted by Crippen LogP contribution is 2.07. The van der Waals surface area contributed by atoms with Crippen LogP contribution in [0.5, 0.6) is 0 Å². The predicted molar refractivity (Wildman–Crippen MR) is 83.1 cm³/mol. The number of amides is 1. The summed E-state index contributed by atoms with van der Waals surface area (Å²) in [6, 6.07) is 7.37. The third-order valence-electron chi connectivity index (χ3n) is 3.23. The molecule has 0 bridgehead atoms. The van der Waals surface area contributed by atoms with Gasteiger partial charge in [0.25, 0.3) is 0 Å². The third-order valence-corrected chi connectivity index (χ3v) is 3.23. The van der Waals surface area contributed by atoms with Crippen LogP contribution in [0, 0.1) is 6.92 Å². The van der Waals surface area contributed by atoms with Crippen molar-refractivity contribution in [3.05, 3.63) is 47.5 Å². The summed E-state index contributed by atoms with van der Waals surface area (Å²) in [7, 11) is 0. The average Bonchev–Trinajstić information content (AvgIpc) is 2.45. The number of carbonyl (C=O) groups excluding carboxylic acids is 1. The lowest BCUT2D eigenvalue weighted by molar-refractivity contribution is -0.141. The fraction of sp³-hybridized carbons (Fsp3) is 0.412. The van der Waals surface area contributed by atoms with Gasteiger partial charge in [0, 0.05) is 6.42 Å². The van der Waals surface area contributed by atoms with Gasteiger partial charge < -0.3 is 10.4 Å². The summed E-state index contributed by atoms with van der Waals surface area (Å²) < 4.78 is 0. The standard InChI is InChI=1S/C17H23NO3/c1-3-4-7-15(17(20)21)18-16(19)8-5-6-14-11-9-13(2)10-12-14/h3-4,9-12,15H,5-8H2,1-2H3,(H,18,19)(H,20,21)/b4-3+. The maximum absolute atomic E-state index is 11.8. The van der Waals surface area contributed by atoms with Crippen molar-refractivity contribution in [2.75, 3.05) is 0 Å². The zero-order valence-electron chi connectivity index (χ0n) is 12.6.